The van der Waals surface area contributed by atoms with Crippen molar-refractivity contribution < 1.29 is 4.79 Å². The van der Waals surface area contributed by atoms with Crippen molar-refractivity contribution in [1.29, 1.82) is 10.5 Å². The Hall–Kier alpha value is -3.35. The molecule has 1 amide bonds. The lowest BCUT2D eigenvalue weighted by Crippen LogP contribution is -2.13. The number of nitriles is 2. The molecule has 0 bridgehead atoms. The first-order valence-electron chi connectivity index (χ1n) is 6.43. The summed E-state index contributed by atoms with van der Waals surface area (Å²) in [6, 6.07) is 14.9. The van der Waals surface area contributed by atoms with Crippen LogP contribution in [0.5, 0.6) is 0 Å². The number of nitrogens with one attached hydrogen (secondary N) is 2. The number of pyridine rings is 1. The standard InChI is InChI=1S/C16H10ClN5O/c17-13-4-1-3-12(7-13)16(23)22-15-6-2-5-14(21-15)20-10-11(8-18)9-19/h1-7,10H,(H2,20,21,22,23). The van der Waals surface area contributed by atoms with E-state index >= 15 is 0 Å². The van der Waals surface area contributed by atoms with Crippen LogP contribution in [0.1, 0.15) is 10.4 Å². The van der Waals surface area contributed by atoms with Crippen LogP contribution in [0.25, 0.3) is 0 Å². The highest BCUT2D eigenvalue weighted by Crippen LogP contribution is 2.14. The molecule has 2 rings (SSSR count). The highest BCUT2D eigenvalue weighted by Gasteiger charge is 2.07. The molecule has 0 aliphatic carbocycles. The Kier molecular flexibility index (Phi) is 5.30. The van der Waals surface area contributed by atoms with Gasteiger partial charge in [0.1, 0.15) is 29.3 Å². The van der Waals surface area contributed by atoms with E-state index in [1.54, 1.807) is 54.6 Å². The minimum atomic E-state index is -0.345. The summed E-state index contributed by atoms with van der Waals surface area (Å²) < 4.78 is 0. The molecular formula is C16H10ClN5O. The molecule has 112 valence electrons. The van der Waals surface area contributed by atoms with Gasteiger partial charge in [0, 0.05) is 16.8 Å². The molecule has 0 saturated heterocycles. The van der Waals surface area contributed by atoms with Gasteiger partial charge in [0.05, 0.1) is 0 Å². The van der Waals surface area contributed by atoms with E-state index < -0.39 is 0 Å². The van der Waals surface area contributed by atoms with Crippen molar-refractivity contribution in [2.75, 3.05) is 10.6 Å². The second kappa shape index (κ2) is 7.60. The first-order valence-corrected chi connectivity index (χ1v) is 6.81. The van der Waals surface area contributed by atoms with Gasteiger partial charge >= 0.3 is 0 Å². The Morgan fingerprint density at radius 3 is 2.52 bits per heavy atom. The van der Waals surface area contributed by atoms with Gasteiger partial charge in [0.15, 0.2) is 0 Å². The smallest absolute Gasteiger partial charge is 0.256 e. The quantitative estimate of drug-likeness (QED) is 0.840. The van der Waals surface area contributed by atoms with Crippen LogP contribution in [0.15, 0.2) is 54.2 Å². The largest absolute Gasteiger partial charge is 0.345 e. The second-order valence-electron chi connectivity index (χ2n) is 4.30. The van der Waals surface area contributed by atoms with Crippen LogP contribution in [-0.4, -0.2) is 10.9 Å². The van der Waals surface area contributed by atoms with Crippen LogP contribution >= 0.6 is 11.6 Å². The molecule has 1 aromatic heterocycles. The molecule has 2 N–H and O–H groups in total. The van der Waals surface area contributed by atoms with Crippen molar-refractivity contribution in [1.82, 2.24) is 4.98 Å². The maximum Gasteiger partial charge on any atom is 0.256 e. The number of amides is 1. The molecule has 6 nitrogen and oxygen atoms in total. The Morgan fingerprint density at radius 1 is 1.13 bits per heavy atom. The second-order valence-corrected chi connectivity index (χ2v) is 4.73. The van der Waals surface area contributed by atoms with E-state index in [9.17, 15) is 4.79 Å². The predicted molar refractivity (Wildman–Crippen MR) is 86.6 cm³/mol. The number of benzene rings is 1. The summed E-state index contributed by atoms with van der Waals surface area (Å²) in [7, 11) is 0. The molecule has 0 aliphatic rings. The Balaban J connectivity index is 2.12. The van der Waals surface area contributed by atoms with E-state index in [0.717, 1.165) is 0 Å². The van der Waals surface area contributed by atoms with Gasteiger partial charge in [0.2, 0.25) is 0 Å². The first kappa shape index (κ1) is 16.0. The van der Waals surface area contributed by atoms with Crippen molar-refractivity contribution in [3.8, 4) is 12.1 Å². The number of allylic oxidation sites excluding steroid dienone is 1. The summed E-state index contributed by atoms with van der Waals surface area (Å²) in [6.45, 7) is 0. The van der Waals surface area contributed by atoms with E-state index in [0.29, 0.717) is 22.2 Å². The zero-order chi connectivity index (χ0) is 16.7. The third-order valence-corrected chi connectivity index (χ3v) is 2.92. The van der Waals surface area contributed by atoms with Crippen LogP contribution in [0, 0.1) is 22.7 Å². The number of aromatic nitrogens is 1. The molecule has 0 atom stereocenters. The highest BCUT2D eigenvalue weighted by atomic mass is 35.5. The van der Waals surface area contributed by atoms with Crippen LogP contribution in [0.4, 0.5) is 11.6 Å². The van der Waals surface area contributed by atoms with Gasteiger partial charge in [-0.05, 0) is 30.3 Å². The van der Waals surface area contributed by atoms with Gasteiger partial charge in [-0.3, -0.25) is 4.79 Å². The van der Waals surface area contributed by atoms with Gasteiger partial charge in [-0.25, -0.2) is 4.98 Å². The Labute approximate surface area is 137 Å². The molecular weight excluding hydrogens is 314 g/mol. The van der Waals surface area contributed by atoms with Crippen LogP contribution in [-0.2, 0) is 0 Å². The molecule has 1 heterocycles. The van der Waals surface area contributed by atoms with Crippen LogP contribution < -0.4 is 10.6 Å². The summed E-state index contributed by atoms with van der Waals surface area (Å²) in [6.07, 6.45) is 1.24. The lowest BCUT2D eigenvalue weighted by Gasteiger charge is -2.06. The maximum absolute atomic E-state index is 12.1. The maximum atomic E-state index is 12.1. The third kappa shape index (κ3) is 4.57. The summed E-state index contributed by atoms with van der Waals surface area (Å²) in [5.74, 6) is 0.364. The number of anilines is 2. The molecule has 0 fully saturated rings. The molecule has 1 aromatic carbocycles. The van der Waals surface area contributed by atoms with E-state index in [-0.39, 0.29) is 11.5 Å². The van der Waals surface area contributed by atoms with E-state index in [1.807, 2.05) is 0 Å². The van der Waals surface area contributed by atoms with Gasteiger partial charge < -0.3 is 10.6 Å². The number of nitrogens with zero attached hydrogens (tertiary/aromatic N) is 3. The number of hydrogen-bond donors (Lipinski definition) is 2. The summed E-state index contributed by atoms with van der Waals surface area (Å²) in [5.41, 5.74) is 0.328. The van der Waals surface area contributed by atoms with E-state index in [1.165, 1.54) is 6.20 Å². The fourth-order valence-corrected chi connectivity index (χ4v) is 1.83. The van der Waals surface area contributed by atoms with Crippen LogP contribution in [0.2, 0.25) is 5.02 Å². The topological polar surface area (TPSA) is 102 Å². The van der Waals surface area contributed by atoms with Crippen molar-refractivity contribution in [2.45, 2.75) is 0 Å². The number of rotatable bonds is 4. The van der Waals surface area contributed by atoms with Crippen molar-refractivity contribution in [3.63, 3.8) is 0 Å². The fraction of sp³-hybridized carbons (Fsp3) is 0. The number of carbonyl (C=O) groups is 1. The predicted octanol–water partition coefficient (Wildman–Crippen LogP) is 3.33. The van der Waals surface area contributed by atoms with Gasteiger partial charge in [-0.1, -0.05) is 23.7 Å². The summed E-state index contributed by atoms with van der Waals surface area (Å²) in [4.78, 5) is 16.3. The summed E-state index contributed by atoms with van der Waals surface area (Å²) in [5, 5.41) is 23.1. The molecule has 7 heteroatoms. The van der Waals surface area contributed by atoms with E-state index in [4.69, 9.17) is 22.1 Å². The average Bonchev–Trinajstić information content (AvgIpc) is 2.56. The lowest BCUT2D eigenvalue weighted by atomic mass is 10.2. The molecule has 0 aliphatic heterocycles. The van der Waals surface area contributed by atoms with Crippen molar-refractivity contribution in [3.05, 3.63) is 64.8 Å². The highest BCUT2D eigenvalue weighted by molar-refractivity contribution is 6.31. The first-order chi connectivity index (χ1) is 11.1. The molecule has 0 unspecified atom stereocenters. The zero-order valence-electron chi connectivity index (χ0n) is 11.7. The average molecular weight is 324 g/mol. The van der Waals surface area contributed by atoms with E-state index in [2.05, 4.69) is 15.6 Å². The normalized spacial score (nSPS) is 9.17. The molecule has 0 radical (unpaired) electrons. The zero-order valence-corrected chi connectivity index (χ0v) is 12.5. The van der Waals surface area contributed by atoms with Gasteiger partial charge in [-0.15, -0.1) is 0 Å². The number of carbonyl (C=O) groups excluding carboxylic acids is 1. The fourth-order valence-electron chi connectivity index (χ4n) is 1.64. The molecule has 2 aromatic rings. The molecule has 0 spiro atoms. The van der Waals surface area contributed by atoms with Crippen LogP contribution in [0.3, 0.4) is 0 Å². The monoisotopic (exact) mass is 323 g/mol. The van der Waals surface area contributed by atoms with Crippen molar-refractivity contribution in [2.24, 2.45) is 0 Å². The summed E-state index contributed by atoms with van der Waals surface area (Å²) >= 11 is 5.85. The Morgan fingerprint density at radius 2 is 1.83 bits per heavy atom. The minimum absolute atomic E-state index is 0.0832. The Bertz CT molecular complexity index is 832. The molecule has 23 heavy (non-hydrogen) atoms. The van der Waals surface area contributed by atoms with Gasteiger partial charge in [-0.2, -0.15) is 10.5 Å². The third-order valence-electron chi connectivity index (χ3n) is 2.68. The SMILES string of the molecule is N#CC(C#N)=CNc1cccc(NC(=O)c2cccc(Cl)c2)n1. The lowest BCUT2D eigenvalue weighted by molar-refractivity contribution is 0.102. The number of halogens is 1. The molecule has 0 saturated carbocycles. The minimum Gasteiger partial charge on any atom is -0.345 e. The number of hydrogen-bond acceptors (Lipinski definition) is 5. The van der Waals surface area contributed by atoms with Gasteiger partial charge in [0.25, 0.3) is 5.91 Å². The van der Waals surface area contributed by atoms with Crippen molar-refractivity contribution >= 4 is 29.1 Å².